The molecule has 2 N–H and O–H groups in total. The first-order chi connectivity index (χ1) is 20.1. The molecular weight excluding hydrogens is 508 g/mol. The number of anilines is 1. The minimum absolute atomic E-state index is 0.00306. The molecule has 1 aliphatic carbocycles. The molecular formula is C34H40N6O. The number of hydrogen-bond acceptors (Lipinski definition) is 5. The van der Waals surface area contributed by atoms with Crippen molar-refractivity contribution in [3.8, 4) is 22.5 Å². The molecule has 41 heavy (non-hydrogen) atoms. The van der Waals surface area contributed by atoms with Crippen LogP contribution in [0.15, 0.2) is 66.7 Å². The number of hydrogen-bond donors (Lipinski definition) is 2. The number of unbranched alkanes of at least 4 members (excludes halogenated alkanes) is 7. The Balaban J connectivity index is 0.944. The highest BCUT2D eigenvalue weighted by atomic mass is 16.1. The number of amides is 1. The van der Waals surface area contributed by atoms with E-state index in [0.29, 0.717) is 17.7 Å². The van der Waals surface area contributed by atoms with Gasteiger partial charge in [0, 0.05) is 24.1 Å². The summed E-state index contributed by atoms with van der Waals surface area (Å²) in [5.41, 5.74) is 8.20. The van der Waals surface area contributed by atoms with E-state index in [4.69, 9.17) is 10.5 Å². The number of benzene rings is 2. The van der Waals surface area contributed by atoms with Crippen LogP contribution in [0.1, 0.15) is 74.5 Å². The van der Waals surface area contributed by atoms with Crippen LogP contribution in [-0.2, 0) is 24.2 Å². The highest BCUT2D eigenvalue weighted by Gasteiger charge is 2.18. The van der Waals surface area contributed by atoms with Crippen molar-refractivity contribution >= 4 is 11.7 Å². The van der Waals surface area contributed by atoms with Gasteiger partial charge in [-0.2, -0.15) is 5.10 Å². The molecule has 7 heteroatoms. The van der Waals surface area contributed by atoms with Crippen LogP contribution >= 0.6 is 0 Å². The van der Waals surface area contributed by atoms with Crippen molar-refractivity contribution < 1.29 is 4.79 Å². The van der Waals surface area contributed by atoms with Crippen molar-refractivity contribution in [1.29, 1.82) is 5.41 Å². The average molecular weight is 549 g/mol. The van der Waals surface area contributed by atoms with Gasteiger partial charge in [0.2, 0.25) is 5.91 Å². The van der Waals surface area contributed by atoms with E-state index in [0.717, 1.165) is 74.0 Å². The fourth-order valence-electron chi connectivity index (χ4n) is 5.61. The van der Waals surface area contributed by atoms with Gasteiger partial charge in [0.25, 0.3) is 0 Å². The van der Waals surface area contributed by atoms with Crippen molar-refractivity contribution in [1.82, 2.24) is 20.0 Å². The number of rotatable bonds is 13. The second kappa shape index (κ2) is 14.0. The van der Waals surface area contributed by atoms with Crippen LogP contribution in [0.3, 0.4) is 0 Å². The molecule has 5 rings (SSSR count). The number of carbonyl (C=O) groups excluding carboxylic acids is 1. The molecule has 7 nitrogen and oxygen atoms in total. The molecule has 1 amide bonds. The molecule has 2 aromatic heterocycles. The Morgan fingerprint density at radius 2 is 1.49 bits per heavy atom. The number of nitrogens with zero attached hydrogens (tertiary/aromatic N) is 4. The first-order valence-electron chi connectivity index (χ1n) is 15.0. The Bertz CT molecular complexity index is 1530. The Kier molecular flexibility index (Phi) is 9.68. The van der Waals surface area contributed by atoms with Gasteiger partial charge in [-0.15, -0.1) is 10.2 Å². The van der Waals surface area contributed by atoms with Crippen molar-refractivity contribution in [2.75, 3.05) is 5.32 Å². The topological polar surface area (TPSA) is 96.6 Å². The molecule has 2 aromatic carbocycles. The molecule has 0 atom stereocenters. The second-order valence-electron chi connectivity index (χ2n) is 11.0. The number of aryl methyl sites for hydroxylation is 4. The molecule has 0 aliphatic heterocycles. The van der Waals surface area contributed by atoms with Gasteiger partial charge in [0.15, 0.2) is 5.82 Å². The molecule has 0 fully saturated rings. The summed E-state index contributed by atoms with van der Waals surface area (Å²) in [6.07, 6.45) is 11.4. The van der Waals surface area contributed by atoms with Crippen molar-refractivity contribution in [3.05, 3.63) is 88.9 Å². The van der Waals surface area contributed by atoms with Gasteiger partial charge in [-0.05, 0) is 61.4 Å². The van der Waals surface area contributed by atoms with Gasteiger partial charge in [-0.25, -0.2) is 4.68 Å². The number of nitrogens with one attached hydrogen (secondary N) is 2. The molecule has 0 saturated carbocycles. The molecule has 0 saturated heterocycles. The fraction of sp³-hybridized carbons (Fsp3) is 0.382. The first kappa shape index (κ1) is 28.4. The zero-order chi connectivity index (χ0) is 28.4. The largest absolute Gasteiger partial charge is 0.309 e. The van der Waals surface area contributed by atoms with Gasteiger partial charge >= 0.3 is 0 Å². The molecule has 2 heterocycles. The second-order valence-corrected chi connectivity index (χ2v) is 11.0. The van der Waals surface area contributed by atoms with Crippen molar-refractivity contribution in [2.24, 2.45) is 0 Å². The molecule has 0 spiro atoms. The standard InChI is InChI=1S/C34H40N6O/c1-25-23-31(37-38-33(25)27-16-9-8-10-17-27)36-32(41)19-11-6-4-2-3-5-7-14-22-40-30(35)24-28-21-20-26-15-12-13-18-29(26)34(28)39-40/h8-10,12-13,15-18,23-24,35H,2-7,11,14,19-22H2,1H3,(H,36,37,41). The van der Waals surface area contributed by atoms with Crippen LogP contribution in [0.25, 0.3) is 22.5 Å². The van der Waals surface area contributed by atoms with E-state index < -0.39 is 0 Å². The highest BCUT2D eigenvalue weighted by Crippen LogP contribution is 2.30. The summed E-state index contributed by atoms with van der Waals surface area (Å²) in [4.78, 5) is 12.4. The smallest absolute Gasteiger partial charge is 0.225 e. The van der Waals surface area contributed by atoms with Gasteiger partial charge < -0.3 is 5.32 Å². The Hall–Kier alpha value is -4.13. The van der Waals surface area contributed by atoms with E-state index in [1.807, 2.05) is 54.1 Å². The molecule has 212 valence electrons. The van der Waals surface area contributed by atoms with Crippen LogP contribution in [0, 0.1) is 12.3 Å². The summed E-state index contributed by atoms with van der Waals surface area (Å²) in [5.74, 6) is 0.509. The van der Waals surface area contributed by atoms with Gasteiger partial charge in [-0.1, -0.05) is 93.1 Å². The minimum Gasteiger partial charge on any atom is -0.309 e. The number of aromatic nitrogens is 4. The first-order valence-corrected chi connectivity index (χ1v) is 15.0. The van der Waals surface area contributed by atoms with Crippen LogP contribution in [-0.4, -0.2) is 25.9 Å². The fourth-order valence-corrected chi connectivity index (χ4v) is 5.61. The van der Waals surface area contributed by atoms with E-state index in [-0.39, 0.29) is 5.91 Å². The Morgan fingerprint density at radius 1 is 0.805 bits per heavy atom. The molecule has 0 unspecified atom stereocenters. The van der Waals surface area contributed by atoms with Crippen LogP contribution < -0.4 is 10.8 Å². The normalized spacial score (nSPS) is 12.0. The number of fused-ring (bicyclic) bond motifs is 3. The summed E-state index contributed by atoms with van der Waals surface area (Å²) in [5, 5.41) is 24.7. The Morgan fingerprint density at radius 3 is 2.27 bits per heavy atom. The van der Waals surface area contributed by atoms with Gasteiger partial charge in [0.05, 0.1) is 11.4 Å². The monoisotopic (exact) mass is 548 g/mol. The lowest BCUT2D eigenvalue weighted by molar-refractivity contribution is -0.116. The van der Waals surface area contributed by atoms with E-state index in [9.17, 15) is 4.79 Å². The molecule has 4 aromatic rings. The third kappa shape index (κ3) is 7.54. The predicted molar refractivity (Wildman–Crippen MR) is 163 cm³/mol. The lowest BCUT2D eigenvalue weighted by Gasteiger charge is -2.20. The lowest BCUT2D eigenvalue weighted by atomic mass is 9.89. The molecule has 0 bridgehead atoms. The Labute approximate surface area is 242 Å². The summed E-state index contributed by atoms with van der Waals surface area (Å²) in [6, 6.07) is 22.4. The highest BCUT2D eigenvalue weighted by molar-refractivity contribution is 5.89. The van der Waals surface area contributed by atoms with Crippen LogP contribution in [0.2, 0.25) is 0 Å². The number of carbonyl (C=O) groups is 1. The maximum absolute atomic E-state index is 12.4. The van der Waals surface area contributed by atoms with Crippen LogP contribution in [0.4, 0.5) is 5.82 Å². The van der Waals surface area contributed by atoms with E-state index in [2.05, 4.69) is 39.8 Å². The third-order valence-electron chi connectivity index (χ3n) is 7.87. The van der Waals surface area contributed by atoms with Crippen molar-refractivity contribution in [3.63, 3.8) is 0 Å². The lowest BCUT2D eigenvalue weighted by Crippen LogP contribution is -2.25. The maximum Gasteiger partial charge on any atom is 0.225 e. The van der Waals surface area contributed by atoms with Crippen LogP contribution in [0.5, 0.6) is 0 Å². The summed E-state index contributed by atoms with van der Waals surface area (Å²) < 4.78 is 1.87. The zero-order valence-corrected chi connectivity index (χ0v) is 24.0. The summed E-state index contributed by atoms with van der Waals surface area (Å²) >= 11 is 0. The van der Waals surface area contributed by atoms with E-state index in [1.165, 1.54) is 36.0 Å². The maximum atomic E-state index is 12.4. The zero-order valence-electron chi connectivity index (χ0n) is 24.0. The van der Waals surface area contributed by atoms with Gasteiger partial charge in [-0.3, -0.25) is 10.2 Å². The SMILES string of the molecule is Cc1cc(NC(=O)CCCCCCCCCCn2nc3c(cc2=N)CCc2ccccc2-3)nnc1-c1ccccc1. The predicted octanol–water partition coefficient (Wildman–Crippen LogP) is 7.04. The van der Waals surface area contributed by atoms with E-state index in [1.54, 1.807) is 0 Å². The molecule has 1 aliphatic rings. The molecule has 0 radical (unpaired) electrons. The summed E-state index contributed by atoms with van der Waals surface area (Å²) in [7, 11) is 0. The minimum atomic E-state index is -0.00306. The van der Waals surface area contributed by atoms with Gasteiger partial charge in [0.1, 0.15) is 5.49 Å². The quantitative estimate of drug-likeness (QED) is 0.175. The third-order valence-corrected chi connectivity index (χ3v) is 7.87. The van der Waals surface area contributed by atoms with Crippen molar-refractivity contribution in [2.45, 2.75) is 84.1 Å². The van der Waals surface area contributed by atoms with E-state index >= 15 is 0 Å². The summed E-state index contributed by atoms with van der Waals surface area (Å²) in [6.45, 7) is 2.78. The average Bonchev–Trinajstić information content (AvgIpc) is 2.98.